The molecule has 0 saturated heterocycles. The van der Waals surface area contributed by atoms with Gasteiger partial charge in [0.1, 0.15) is 0 Å². The molecule has 1 radical (unpaired) electrons. The summed E-state index contributed by atoms with van der Waals surface area (Å²) in [5.41, 5.74) is 7.84. The quantitative estimate of drug-likeness (QED) is 0.605. The Balaban J connectivity index is 2.18. The molecule has 1 atom stereocenters. The Morgan fingerprint density at radius 3 is 2.27 bits per heavy atom. The van der Waals surface area contributed by atoms with Crippen molar-refractivity contribution in [3.8, 4) is 0 Å². The van der Waals surface area contributed by atoms with E-state index < -0.39 is 0 Å². The molecule has 1 heteroatoms. The highest BCUT2D eigenvalue weighted by Crippen LogP contribution is 2.35. The van der Waals surface area contributed by atoms with Gasteiger partial charge in [-0.3, -0.25) is 0 Å². The number of hydrogen-bond acceptors (Lipinski definition) is 1. The number of hydrogen-bond donors (Lipinski definition) is 1. The van der Waals surface area contributed by atoms with Crippen molar-refractivity contribution in [2.45, 2.75) is 18.8 Å². The van der Waals surface area contributed by atoms with Crippen LogP contribution in [0.3, 0.4) is 0 Å². The van der Waals surface area contributed by atoms with E-state index in [-0.39, 0.29) is 0 Å². The first-order valence-electron chi connectivity index (χ1n) is 4.05. The third-order valence-corrected chi connectivity index (χ3v) is 2.29. The van der Waals surface area contributed by atoms with E-state index in [1.165, 1.54) is 18.4 Å². The van der Waals surface area contributed by atoms with Crippen molar-refractivity contribution in [1.29, 1.82) is 0 Å². The molecule has 1 nitrogen and oxygen atoms in total. The fourth-order valence-corrected chi connectivity index (χ4v) is 1.38. The molecule has 1 aliphatic rings. The molecule has 2 N–H and O–H groups in total. The van der Waals surface area contributed by atoms with Crippen molar-refractivity contribution in [2.24, 2.45) is 0 Å². The molecule has 1 aromatic carbocycles. The first-order chi connectivity index (χ1) is 5.36. The SMILES string of the molecule is Nc1ccc(C2[CH]CC2)cc1. The predicted octanol–water partition coefficient (Wildman–Crippen LogP) is 2.35. The minimum Gasteiger partial charge on any atom is -0.399 e. The molecule has 0 spiro atoms. The Morgan fingerprint density at radius 2 is 1.82 bits per heavy atom. The highest BCUT2D eigenvalue weighted by Gasteiger charge is 2.18. The van der Waals surface area contributed by atoms with Crippen LogP contribution in [0.2, 0.25) is 0 Å². The summed E-state index contributed by atoms with van der Waals surface area (Å²) >= 11 is 0. The molecule has 2 rings (SSSR count). The highest BCUT2D eigenvalue weighted by molar-refractivity contribution is 5.41. The topological polar surface area (TPSA) is 26.0 Å². The van der Waals surface area contributed by atoms with Crippen LogP contribution in [0.4, 0.5) is 5.69 Å². The van der Waals surface area contributed by atoms with Gasteiger partial charge in [0.25, 0.3) is 0 Å². The molecule has 57 valence electrons. The predicted molar refractivity (Wildman–Crippen MR) is 47.1 cm³/mol. The molecule has 1 aliphatic carbocycles. The Bertz CT molecular complexity index is 234. The molecule has 1 saturated carbocycles. The van der Waals surface area contributed by atoms with Gasteiger partial charge in [-0.15, -0.1) is 0 Å². The van der Waals surface area contributed by atoms with Crippen LogP contribution in [-0.4, -0.2) is 0 Å². The molecule has 0 aliphatic heterocycles. The number of nitrogen functional groups attached to an aromatic ring is 1. The van der Waals surface area contributed by atoms with Crippen LogP contribution in [0, 0.1) is 6.42 Å². The Hall–Kier alpha value is -0.980. The molecule has 1 unspecified atom stereocenters. The standard InChI is InChI=1S/C10H12N/c11-10-6-4-9(5-7-10)8-2-1-3-8/h2,4-8H,1,3,11H2. The van der Waals surface area contributed by atoms with E-state index in [0.29, 0.717) is 5.92 Å². The van der Waals surface area contributed by atoms with Crippen molar-refractivity contribution in [3.63, 3.8) is 0 Å². The van der Waals surface area contributed by atoms with E-state index in [1.54, 1.807) is 0 Å². The second kappa shape index (κ2) is 2.57. The summed E-state index contributed by atoms with van der Waals surface area (Å²) in [6.07, 6.45) is 4.94. The molecule has 0 amide bonds. The fourth-order valence-electron chi connectivity index (χ4n) is 1.38. The van der Waals surface area contributed by atoms with Crippen LogP contribution >= 0.6 is 0 Å². The third kappa shape index (κ3) is 1.23. The minimum absolute atomic E-state index is 0.704. The number of rotatable bonds is 1. The molecule has 1 fully saturated rings. The second-order valence-electron chi connectivity index (χ2n) is 3.09. The Kier molecular flexibility index (Phi) is 1.57. The molecule has 11 heavy (non-hydrogen) atoms. The highest BCUT2D eigenvalue weighted by atomic mass is 14.5. The van der Waals surface area contributed by atoms with Crippen LogP contribution < -0.4 is 5.73 Å². The van der Waals surface area contributed by atoms with E-state index in [2.05, 4.69) is 18.6 Å². The minimum atomic E-state index is 0.704. The van der Waals surface area contributed by atoms with E-state index in [1.807, 2.05) is 12.1 Å². The van der Waals surface area contributed by atoms with Gasteiger partial charge in [-0.2, -0.15) is 0 Å². The lowest BCUT2D eigenvalue weighted by Crippen LogP contribution is -2.09. The van der Waals surface area contributed by atoms with E-state index in [0.717, 1.165) is 5.69 Å². The number of anilines is 1. The molecule has 0 aromatic heterocycles. The van der Waals surface area contributed by atoms with Crippen LogP contribution in [0.25, 0.3) is 0 Å². The van der Waals surface area contributed by atoms with Crippen molar-refractivity contribution < 1.29 is 0 Å². The Morgan fingerprint density at radius 1 is 1.18 bits per heavy atom. The zero-order chi connectivity index (χ0) is 7.68. The fraction of sp³-hybridized carbons (Fsp3) is 0.300. The maximum atomic E-state index is 5.58. The van der Waals surface area contributed by atoms with Crippen molar-refractivity contribution in [2.75, 3.05) is 5.73 Å². The molecular formula is C10H12N. The average Bonchev–Trinajstić information content (AvgIpc) is 1.90. The van der Waals surface area contributed by atoms with Gasteiger partial charge in [0.15, 0.2) is 0 Å². The maximum Gasteiger partial charge on any atom is 0.0314 e. The van der Waals surface area contributed by atoms with Gasteiger partial charge in [0, 0.05) is 5.69 Å². The van der Waals surface area contributed by atoms with Gasteiger partial charge < -0.3 is 5.73 Å². The summed E-state index contributed by atoms with van der Waals surface area (Å²) in [4.78, 5) is 0. The zero-order valence-electron chi connectivity index (χ0n) is 6.46. The lowest BCUT2D eigenvalue weighted by Gasteiger charge is -2.25. The molecule has 1 aromatic rings. The monoisotopic (exact) mass is 146 g/mol. The zero-order valence-corrected chi connectivity index (χ0v) is 6.46. The first kappa shape index (κ1) is 6.71. The third-order valence-electron chi connectivity index (χ3n) is 2.29. The summed E-state index contributed by atoms with van der Waals surface area (Å²) in [6.45, 7) is 0. The summed E-state index contributed by atoms with van der Waals surface area (Å²) < 4.78 is 0. The van der Waals surface area contributed by atoms with E-state index in [4.69, 9.17) is 5.73 Å². The largest absolute Gasteiger partial charge is 0.399 e. The van der Waals surface area contributed by atoms with Crippen LogP contribution in [0.5, 0.6) is 0 Å². The summed E-state index contributed by atoms with van der Waals surface area (Å²) in [5, 5.41) is 0. The molecular weight excluding hydrogens is 134 g/mol. The summed E-state index contributed by atoms with van der Waals surface area (Å²) in [5.74, 6) is 0.704. The smallest absolute Gasteiger partial charge is 0.0314 e. The number of benzene rings is 1. The van der Waals surface area contributed by atoms with Gasteiger partial charge in [0.05, 0.1) is 0 Å². The molecule has 0 bridgehead atoms. The second-order valence-corrected chi connectivity index (χ2v) is 3.09. The normalized spacial score (nSPS) is 17.8. The van der Waals surface area contributed by atoms with Gasteiger partial charge >= 0.3 is 0 Å². The summed E-state index contributed by atoms with van der Waals surface area (Å²) in [7, 11) is 0. The van der Waals surface area contributed by atoms with E-state index >= 15 is 0 Å². The van der Waals surface area contributed by atoms with Gasteiger partial charge in [0.2, 0.25) is 0 Å². The maximum absolute atomic E-state index is 5.58. The van der Waals surface area contributed by atoms with Crippen molar-refractivity contribution in [1.82, 2.24) is 0 Å². The average molecular weight is 146 g/mol. The van der Waals surface area contributed by atoms with Crippen molar-refractivity contribution >= 4 is 5.69 Å². The van der Waals surface area contributed by atoms with Crippen LogP contribution in [-0.2, 0) is 0 Å². The van der Waals surface area contributed by atoms with Crippen molar-refractivity contribution in [3.05, 3.63) is 36.2 Å². The van der Waals surface area contributed by atoms with Gasteiger partial charge in [-0.05, 0) is 42.9 Å². The van der Waals surface area contributed by atoms with E-state index in [9.17, 15) is 0 Å². The van der Waals surface area contributed by atoms with Gasteiger partial charge in [-0.25, -0.2) is 0 Å². The summed E-state index contributed by atoms with van der Waals surface area (Å²) in [6, 6.07) is 8.19. The van der Waals surface area contributed by atoms with Crippen LogP contribution in [0.1, 0.15) is 24.3 Å². The Labute approximate surface area is 67.2 Å². The number of nitrogens with two attached hydrogens (primary N) is 1. The van der Waals surface area contributed by atoms with Gasteiger partial charge in [-0.1, -0.05) is 12.1 Å². The first-order valence-corrected chi connectivity index (χ1v) is 4.05. The lowest BCUT2D eigenvalue weighted by molar-refractivity contribution is 0.553. The molecule has 0 heterocycles. The lowest BCUT2D eigenvalue weighted by atomic mass is 9.80. The van der Waals surface area contributed by atoms with Crippen LogP contribution in [0.15, 0.2) is 24.3 Å².